The van der Waals surface area contributed by atoms with Crippen molar-refractivity contribution in [1.29, 1.82) is 0 Å². The summed E-state index contributed by atoms with van der Waals surface area (Å²) in [5, 5.41) is 8.79. The third-order valence-electron chi connectivity index (χ3n) is 5.34. The molecule has 3 aromatic rings. The number of nitrogens with zero attached hydrogens (tertiary/aromatic N) is 4. The highest BCUT2D eigenvalue weighted by atomic mass is 16.5. The van der Waals surface area contributed by atoms with Crippen molar-refractivity contribution in [3.8, 4) is 22.8 Å². The summed E-state index contributed by atoms with van der Waals surface area (Å²) < 4.78 is 11.1. The van der Waals surface area contributed by atoms with Crippen LogP contribution in [0.25, 0.3) is 11.3 Å². The first-order valence-electron chi connectivity index (χ1n) is 10.3. The molecule has 1 fully saturated rings. The van der Waals surface area contributed by atoms with Gasteiger partial charge in [0.25, 0.3) is 5.91 Å². The summed E-state index contributed by atoms with van der Waals surface area (Å²) in [5.74, 6) is 2.29. The number of anilines is 1. The van der Waals surface area contributed by atoms with Crippen LogP contribution in [0.5, 0.6) is 11.5 Å². The molecule has 0 saturated carbocycles. The molecule has 31 heavy (non-hydrogen) atoms. The third kappa shape index (κ3) is 4.94. The van der Waals surface area contributed by atoms with Crippen molar-refractivity contribution in [2.45, 2.75) is 6.92 Å². The Morgan fingerprint density at radius 2 is 1.77 bits per heavy atom. The van der Waals surface area contributed by atoms with E-state index < -0.39 is 0 Å². The normalized spacial score (nSPS) is 13.7. The van der Waals surface area contributed by atoms with Crippen molar-refractivity contribution in [3.63, 3.8) is 0 Å². The molecule has 1 amide bonds. The van der Waals surface area contributed by atoms with Gasteiger partial charge in [0.05, 0.1) is 12.8 Å². The first-order valence-corrected chi connectivity index (χ1v) is 10.3. The topological polar surface area (TPSA) is 67.8 Å². The Kier molecular flexibility index (Phi) is 6.31. The Morgan fingerprint density at radius 1 is 0.968 bits per heavy atom. The molecular weight excluding hydrogens is 392 g/mol. The fourth-order valence-electron chi connectivity index (χ4n) is 3.62. The average Bonchev–Trinajstić information content (AvgIpc) is 2.83. The Labute approximate surface area is 182 Å². The van der Waals surface area contributed by atoms with E-state index in [4.69, 9.17) is 9.47 Å². The summed E-state index contributed by atoms with van der Waals surface area (Å²) in [6.45, 7) is 4.73. The molecule has 2 heterocycles. The fraction of sp³-hybridized carbons (Fsp3) is 0.292. The minimum Gasteiger partial charge on any atom is -0.496 e. The van der Waals surface area contributed by atoms with E-state index in [-0.39, 0.29) is 12.5 Å². The molecule has 0 bridgehead atoms. The smallest absolute Gasteiger partial charge is 0.260 e. The molecule has 7 nitrogen and oxygen atoms in total. The standard InChI is InChI=1S/C24H26N4O3/c1-18-6-5-7-19(16-18)31-17-24(29)28-14-12-27(13-15-28)23-11-10-21(25-26-23)20-8-3-4-9-22(20)30-2/h3-11,16H,12-15,17H2,1-2H3. The summed E-state index contributed by atoms with van der Waals surface area (Å²) >= 11 is 0. The number of hydrogen-bond donors (Lipinski definition) is 0. The van der Waals surface area contributed by atoms with Crippen molar-refractivity contribution >= 4 is 11.7 Å². The molecule has 4 rings (SSSR count). The quantitative estimate of drug-likeness (QED) is 0.613. The van der Waals surface area contributed by atoms with Crippen LogP contribution in [0.3, 0.4) is 0 Å². The van der Waals surface area contributed by atoms with E-state index in [0.717, 1.165) is 34.1 Å². The van der Waals surface area contributed by atoms with Gasteiger partial charge in [-0.3, -0.25) is 4.79 Å². The molecule has 0 atom stereocenters. The van der Waals surface area contributed by atoms with Crippen molar-refractivity contribution in [3.05, 3.63) is 66.2 Å². The van der Waals surface area contributed by atoms with Crippen LogP contribution in [-0.4, -0.2) is 60.9 Å². The number of amides is 1. The van der Waals surface area contributed by atoms with Gasteiger partial charge in [0.1, 0.15) is 11.5 Å². The first kappa shape index (κ1) is 20.7. The number of hydrogen-bond acceptors (Lipinski definition) is 6. The third-order valence-corrected chi connectivity index (χ3v) is 5.34. The number of piperazine rings is 1. The molecular formula is C24H26N4O3. The lowest BCUT2D eigenvalue weighted by molar-refractivity contribution is -0.133. The number of aromatic nitrogens is 2. The second kappa shape index (κ2) is 9.47. The molecule has 1 aliphatic rings. The van der Waals surface area contributed by atoms with Gasteiger partial charge in [0.2, 0.25) is 0 Å². The maximum absolute atomic E-state index is 12.5. The number of aryl methyl sites for hydroxylation is 1. The molecule has 0 unspecified atom stereocenters. The minimum absolute atomic E-state index is 0.00115. The van der Waals surface area contributed by atoms with E-state index in [9.17, 15) is 4.79 Å². The van der Waals surface area contributed by atoms with Crippen molar-refractivity contribution in [2.75, 3.05) is 44.8 Å². The Balaban J connectivity index is 1.31. The molecule has 1 aliphatic heterocycles. The summed E-state index contributed by atoms with van der Waals surface area (Å²) in [5.41, 5.74) is 2.78. The number of ether oxygens (including phenoxy) is 2. The van der Waals surface area contributed by atoms with E-state index in [0.29, 0.717) is 26.2 Å². The maximum atomic E-state index is 12.5. The van der Waals surface area contributed by atoms with Gasteiger partial charge in [-0.2, -0.15) is 0 Å². The van der Waals surface area contributed by atoms with Gasteiger partial charge < -0.3 is 19.3 Å². The van der Waals surface area contributed by atoms with Crippen molar-refractivity contribution in [1.82, 2.24) is 15.1 Å². The zero-order chi connectivity index (χ0) is 21.6. The lowest BCUT2D eigenvalue weighted by Crippen LogP contribution is -2.50. The molecule has 1 aromatic heterocycles. The molecule has 0 radical (unpaired) electrons. The summed E-state index contributed by atoms with van der Waals surface area (Å²) in [7, 11) is 1.65. The zero-order valence-corrected chi connectivity index (χ0v) is 17.8. The first-order chi connectivity index (χ1) is 15.1. The van der Waals surface area contributed by atoms with Gasteiger partial charge in [0, 0.05) is 31.7 Å². The van der Waals surface area contributed by atoms with Gasteiger partial charge in [-0.05, 0) is 48.9 Å². The molecule has 7 heteroatoms. The highest BCUT2D eigenvalue weighted by molar-refractivity contribution is 5.78. The second-order valence-electron chi connectivity index (χ2n) is 7.45. The summed E-state index contributed by atoms with van der Waals surface area (Å²) in [6, 6.07) is 19.4. The molecule has 2 aromatic carbocycles. The van der Waals surface area contributed by atoms with Crippen LogP contribution in [0.4, 0.5) is 5.82 Å². The Morgan fingerprint density at radius 3 is 2.48 bits per heavy atom. The van der Waals surface area contributed by atoms with Gasteiger partial charge >= 0.3 is 0 Å². The van der Waals surface area contributed by atoms with Gasteiger partial charge in [0.15, 0.2) is 12.4 Å². The SMILES string of the molecule is COc1ccccc1-c1ccc(N2CCN(C(=O)COc3cccc(C)c3)CC2)nn1. The van der Waals surface area contributed by atoms with E-state index in [1.54, 1.807) is 7.11 Å². The Bertz CT molecular complexity index is 1030. The second-order valence-corrected chi connectivity index (χ2v) is 7.45. The number of benzene rings is 2. The summed E-state index contributed by atoms with van der Waals surface area (Å²) in [4.78, 5) is 16.5. The molecule has 0 spiro atoms. The lowest BCUT2D eigenvalue weighted by atomic mass is 10.1. The zero-order valence-electron chi connectivity index (χ0n) is 17.8. The van der Waals surface area contributed by atoms with Crippen molar-refractivity contribution in [2.24, 2.45) is 0 Å². The predicted molar refractivity (Wildman–Crippen MR) is 119 cm³/mol. The average molecular weight is 418 g/mol. The Hall–Kier alpha value is -3.61. The number of rotatable bonds is 6. The lowest BCUT2D eigenvalue weighted by Gasteiger charge is -2.35. The molecule has 160 valence electrons. The van der Waals surface area contributed by atoms with Crippen LogP contribution in [0.2, 0.25) is 0 Å². The van der Waals surface area contributed by atoms with Crippen molar-refractivity contribution < 1.29 is 14.3 Å². The van der Waals surface area contributed by atoms with Crippen LogP contribution in [0.1, 0.15) is 5.56 Å². The maximum Gasteiger partial charge on any atom is 0.260 e. The van der Waals surface area contributed by atoms with Crippen LogP contribution in [0.15, 0.2) is 60.7 Å². The van der Waals surface area contributed by atoms with Gasteiger partial charge in [-0.25, -0.2) is 0 Å². The number of carbonyl (C=O) groups is 1. The van der Waals surface area contributed by atoms with E-state index in [2.05, 4.69) is 15.1 Å². The summed E-state index contributed by atoms with van der Waals surface area (Å²) in [6.07, 6.45) is 0. The van der Waals surface area contributed by atoms with Gasteiger partial charge in [-0.1, -0.05) is 24.3 Å². The van der Waals surface area contributed by atoms with E-state index in [1.807, 2.05) is 72.5 Å². The van der Waals surface area contributed by atoms with E-state index in [1.165, 1.54) is 0 Å². The highest BCUT2D eigenvalue weighted by Crippen LogP contribution is 2.28. The van der Waals surface area contributed by atoms with Gasteiger partial charge in [-0.15, -0.1) is 10.2 Å². The largest absolute Gasteiger partial charge is 0.496 e. The predicted octanol–water partition coefficient (Wildman–Crippen LogP) is 3.19. The number of para-hydroxylation sites is 1. The highest BCUT2D eigenvalue weighted by Gasteiger charge is 2.22. The van der Waals surface area contributed by atoms with Crippen LogP contribution in [0, 0.1) is 6.92 Å². The molecule has 0 aliphatic carbocycles. The molecule has 0 N–H and O–H groups in total. The van der Waals surface area contributed by atoms with E-state index >= 15 is 0 Å². The van der Waals surface area contributed by atoms with Crippen LogP contribution < -0.4 is 14.4 Å². The van der Waals surface area contributed by atoms with Crippen LogP contribution in [-0.2, 0) is 4.79 Å². The minimum atomic E-state index is -0.00115. The number of carbonyl (C=O) groups excluding carboxylic acids is 1. The van der Waals surface area contributed by atoms with Crippen LogP contribution >= 0.6 is 0 Å². The number of methoxy groups -OCH3 is 1. The fourth-order valence-corrected chi connectivity index (χ4v) is 3.62. The monoisotopic (exact) mass is 418 g/mol. The molecule has 1 saturated heterocycles.